The molecule has 1 aliphatic rings. The molecule has 0 aromatic carbocycles. The third kappa shape index (κ3) is 2.00. The SMILES string of the molecule is Cc1cc(CN)nc(OC2COC2)n1. The third-order valence-electron chi connectivity index (χ3n) is 1.98. The van der Waals surface area contributed by atoms with Gasteiger partial charge in [0.05, 0.1) is 18.9 Å². The number of rotatable bonds is 3. The largest absolute Gasteiger partial charge is 0.455 e. The molecular formula is C9H13N3O2. The van der Waals surface area contributed by atoms with E-state index in [0.717, 1.165) is 11.4 Å². The fourth-order valence-corrected chi connectivity index (χ4v) is 1.19. The van der Waals surface area contributed by atoms with Gasteiger partial charge in [0.15, 0.2) is 0 Å². The van der Waals surface area contributed by atoms with Gasteiger partial charge in [0, 0.05) is 12.2 Å². The van der Waals surface area contributed by atoms with Gasteiger partial charge in [-0.3, -0.25) is 0 Å². The number of nitrogens with two attached hydrogens (primary N) is 1. The molecule has 0 aliphatic carbocycles. The van der Waals surface area contributed by atoms with Gasteiger partial charge in [-0.25, -0.2) is 4.98 Å². The first kappa shape index (κ1) is 9.36. The van der Waals surface area contributed by atoms with Crippen molar-refractivity contribution in [2.45, 2.75) is 19.6 Å². The zero-order chi connectivity index (χ0) is 9.97. The van der Waals surface area contributed by atoms with E-state index < -0.39 is 0 Å². The summed E-state index contributed by atoms with van der Waals surface area (Å²) in [5.41, 5.74) is 7.16. The summed E-state index contributed by atoms with van der Waals surface area (Å²) in [4.78, 5) is 8.32. The van der Waals surface area contributed by atoms with Gasteiger partial charge in [0.2, 0.25) is 0 Å². The second-order valence-corrected chi connectivity index (χ2v) is 3.26. The Morgan fingerprint density at radius 3 is 2.93 bits per heavy atom. The number of nitrogens with zero attached hydrogens (tertiary/aromatic N) is 2. The molecule has 5 nitrogen and oxygen atoms in total. The predicted molar refractivity (Wildman–Crippen MR) is 49.9 cm³/mol. The van der Waals surface area contributed by atoms with Crippen molar-refractivity contribution in [1.29, 1.82) is 0 Å². The lowest BCUT2D eigenvalue weighted by Gasteiger charge is -2.25. The minimum absolute atomic E-state index is 0.0995. The van der Waals surface area contributed by atoms with Gasteiger partial charge in [0.1, 0.15) is 6.10 Å². The van der Waals surface area contributed by atoms with Gasteiger partial charge in [-0.1, -0.05) is 0 Å². The molecule has 1 aromatic heterocycles. The van der Waals surface area contributed by atoms with Crippen molar-refractivity contribution in [1.82, 2.24) is 9.97 Å². The first-order valence-electron chi connectivity index (χ1n) is 4.57. The molecule has 0 atom stereocenters. The minimum atomic E-state index is 0.0995. The van der Waals surface area contributed by atoms with E-state index in [2.05, 4.69) is 9.97 Å². The maximum Gasteiger partial charge on any atom is 0.317 e. The summed E-state index contributed by atoms with van der Waals surface area (Å²) in [5.74, 6) is 0. The Bertz CT molecular complexity index is 326. The second kappa shape index (κ2) is 3.89. The highest BCUT2D eigenvalue weighted by atomic mass is 16.6. The fourth-order valence-electron chi connectivity index (χ4n) is 1.19. The standard InChI is InChI=1S/C9H13N3O2/c1-6-2-7(3-10)12-9(11-6)14-8-4-13-5-8/h2,8H,3-5,10H2,1H3. The summed E-state index contributed by atoms with van der Waals surface area (Å²) in [6.07, 6.45) is 0.0995. The van der Waals surface area contributed by atoms with Crippen LogP contribution in [0.2, 0.25) is 0 Å². The Balaban J connectivity index is 2.11. The maximum absolute atomic E-state index is 5.49. The van der Waals surface area contributed by atoms with Crippen molar-refractivity contribution in [2.75, 3.05) is 13.2 Å². The summed E-state index contributed by atoms with van der Waals surface area (Å²) in [6, 6.07) is 2.25. The molecule has 0 amide bonds. The van der Waals surface area contributed by atoms with E-state index >= 15 is 0 Å². The lowest BCUT2D eigenvalue weighted by atomic mass is 10.3. The molecule has 2 rings (SSSR count). The Hall–Kier alpha value is -1.20. The number of ether oxygens (including phenoxy) is 2. The molecule has 1 aliphatic heterocycles. The Kier molecular flexibility index (Phi) is 2.60. The number of hydrogen-bond acceptors (Lipinski definition) is 5. The van der Waals surface area contributed by atoms with Crippen molar-refractivity contribution in [3.8, 4) is 6.01 Å². The number of hydrogen-bond donors (Lipinski definition) is 1. The summed E-state index contributed by atoms with van der Waals surface area (Å²) in [7, 11) is 0. The van der Waals surface area contributed by atoms with Crippen molar-refractivity contribution < 1.29 is 9.47 Å². The third-order valence-corrected chi connectivity index (χ3v) is 1.98. The van der Waals surface area contributed by atoms with Crippen molar-refractivity contribution in [3.63, 3.8) is 0 Å². The normalized spacial score (nSPS) is 16.4. The molecule has 2 N–H and O–H groups in total. The Labute approximate surface area is 82.3 Å². The van der Waals surface area contributed by atoms with E-state index in [0.29, 0.717) is 25.8 Å². The molecule has 1 saturated heterocycles. The maximum atomic E-state index is 5.49. The van der Waals surface area contributed by atoms with Crippen LogP contribution in [-0.4, -0.2) is 29.3 Å². The fraction of sp³-hybridized carbons (Fsp3) is 0.556. The van der Waals surface area contributed by atoms with E-state index in [1.807, 2.05) is 13.0 Å². The summed E-state index contributed by atoms with van der Waals surface area (Å²) in [6.45, 7) is 3.54. The number of aromatic nitrogens is 2. The molecule has 14 heavy (non-hydrogen) atoms. The molecule has 5 heteroatoms. The van der Waals surface area contributed by atoms with Crippen LogP contribution in [0.25, 0.3) is 0 Å². The molecule has 1 aromatic rings. The zero-order valence-electron chi connectivity index (χ0n) is 8.06. The van der Waals surface area contributed by atoms with E-state index in [4.69, 9.17) is 15.2 Å². The van der Waals surface area contributed by atoms with Crippen LogP contribution in [0.3, 0.4) is 0 Å². The van der Waals surface area contributed by atoms with Gasteiger partial charge in [-0.2, -0.15) is 4.98 Å². The quantitative estimate of drug-likeness (QED) is 0.736. The average Bonchev–Trinajstić information content (AvgIpc) is 2.10. The zero-order valence-corrected chi connectivity index (χ0v) is 8.06. The molecule has 0 unspecified atom stereocenters. The van der Waals surface area contributed by atoms with Crippen LogP contribution in [0.1, 0.15) is 11.4 Å². The monoisotopic (exact) mass is 195 g/mol. The van der Waals surface area contributed by atoms with Gasteiger partial charge in [-0.15, -0.1) is 0 Å². The molecule has 2 heterocycles. The molecule has 0 bridgehead atoms. The van der Waals surface area contributed by atoms with Crippen LogP contribution >= 0.6 is 0 Å². The Morgan fingerprint density at radius 2 is 2.36 bits per heavy atom. The van der Waals surface area contributed by atoms with E-state index in [-0.39, 0.29) is 6.10 Å². The van der Waals surface area contributed by atoms with Crippen molar-refractivity contribution >= 4 is 0 Å². The van der Waals surface area contributed by atoms with Crippen molar-refractivity contribution in [2.24, 2.45) is 5.73 Å². The average molecular weight is 195 g/mol. The molecule has 0 saturated carbocycles. The van der Waals surface area contributed by atoms with Crippen LogP contribution in [-0.2, 0) is 11.3 Å². The van der Waals surface area contributed by atoms with Gasteiger partial charge in [-0.05, 0) is 13.0 Å². The van der Waals surface area contributed by atoms with Crippen LogP contribution in [0.4, 0.5) is 0 Å². The minimum Gasteiger partial charge on any atom is -0.455 e. The molecule has 0 radical (unpaired) electrons. The first-order chi connectivity index (χ1) is 6.78. The molecule has 0 spiro atoms. The van der Waals surface area contributed by atoms with Crippen LogP contribution in [0.15, 0.2) is 6.07 Å². The lowest BCUT2D eigenvalue weighted by Crippen LogP contribution is -2.39. The summed E-state index contributed by atoms with van der Waals surface area (Å²) in [5, 5.41) is 0. The second-order valence-electron chi connectivity index (χ2n) is 3.26. The summed E-state index contributed by atoms with van der Waals surface area (Å²) >= 11 is 0. The van der Waals surface area contributed by atoms with Crippen molar-refractivity contribution in [3.05, 3.63) is 17.5 Å². The lowest BCUT2D eigenvalue weighted by molar-refractivity contribution is -0.0832. The highest BCUT2D eigenvalue weighted by Crippen LogP contribution is 2.12. The summed E-state index contributed by atoms with van der Waals surface area (Å²) < 4.78 is 10.5. The van der Waals surface area contributed by atoms with E-state index in [9.17, 15) is 0 Å². The number of aryl methyl sites for hydroxylation is 1. The predicted octanol–water partition coefficient (Wildman–Crippen LogP) is 0.0213. The highest BCUT2D eigenvalue weighted by molar-refractivity contribution is 5.12. The van der Waals surface area contributed by atoms with Gasteiger partial charge >= 0.3 is 6.01 Å². The van der Waals surface area contributed by atoms with Crippen LogP contribution < -0.4 is 10.5 Å². The van der Waals surface area contributed by atoms with Crippen LogP contribution in [0, 0.1) is 6.92 Å². The smallest absolute Gasteiger partial charge is 0.317 e. The van der Waals surface area contributed by atoms with Gasteiger partial charge in [0.25, 0.3) is 0 Å². The molecule has 76 valence electrons. The van der Waals surface area contributed by atoms with Gasteiger partial charge < -0.3 is 15.2 Å². The first-order valence-corrected chi connectivity index (χ1v) is 4.57. The topological polar surface area (TPSA) is 70.3 Å². The molecule has 1 fully saturated rings. The van der Waals surface area contributed by atoms with E-state index in [1.165, 1.54) is 0 Å². The van der Waals surface area contributed by atoms with E-state index in [1.54, 1.807) is 0 Å². The van der Waals surface area contributed by atoms with Crippen LogP contribution in [0.5, 0.6) is 6.01 Å². The molecular weight excluding hydrogens is 182 g/mol. The highest BCUT2D eigenvalue weighted by Gasteiger charge is 2.21. The Morgan fingerprint density at radius 1 is 1.57 bits per heavy atom.